The van der Waals surface area contributed by atoms with Crippen LogP contribution in [0.4, 0.5) is 0 Å². The van der Waals surface area contributed by atoms with Gasteiger partial charge in [0.1, 0.15) is 11.0 Å². The van der Waals surface area contributed by atoms with E-state index >= 15 is 0 Å². The lowest BCUT2D eigenvalue weighted by Gasteiger charge is -2.15. The average molecular weight is 286 g/mol. The Labute approximate surface area is 124 Å². The van der Waals surface area contributed by atoms with Crippen LogP contribution in [0.5, 0.6) is 5.75 Å². The zero-order chi connectivity index (χ0) is 14.5. The van der Waals surface area contributed by atoms with Crippen LogP contribution in [0.1, 0.15) is 21.9 Å². The maximum atomic E-state index is 12.3. The summed E-state index contributed by atoms with van der Waals surface area (Å²) in [6.07, 6.45) is 1.92. The van der Waals surface area contributed by atoms with Crippen molar-refractivity contribution in [2.24, 2.45) is 0 Å². The zero-order valence-corrected chi connectivity index (χ0v) is 12.7. The highest BCUT2D eigenvalue weighted by Gasteiger charge is 2.22. The molecule has 1 unspecified atom stereocenters. The third-order valence-corrected chi connectivity index (χ3v) is 4.03. The average Bonchev–Trinajstić information content (AvgIpc) is 2.44. The third kappa shape index (κ3) is 3.42. The van der Waals surface area contributed by atoms with E-state index in [0.29, 0.717) is 5.75 Å². The van der Waals surface area contributed by atoms with Crippen LogP contribution < -0.4 is 4.74 Å². The molecule has 0 fully saturated rings. The Balaban J connectivity index is 2.18. The van der Waals surface area contributed by atoms with Crippen molar-refractivity contribution in [2.45, 2.75) is 19.1 Å². The summed E-state index contributed by atoms with van der Waals surface area (Å²) in [7, 11) is 0. The number of rotatable bonds is 4. The number of esters is 1. The van der Waals surface area contributed by atoms with Crippen molar-refractivity contribution in [3.63, 3.8) is 0 Å². The Morgan fingerprint density at radius 1 is 1.10 bits per heavy atom. The molecule has 0 aliphatic carbocycles. The van der Waals surface area contributed by atoms with E-state index in [1.54, 1.807) is 0 Å². The molecule has 3 heteroatoms. The van der Waals surface area contributed by atoms with Crippen LogP contribution in [0.25, 0.3) is 0 Å². The summed E-state index contributed by atoms with van der Waals surface area (Å²) in [6, 6.07) is 15.5. The first-order chi connectivity index (χ1) is 9.61. The normalized spacial score (nSPS) is 11.9. The van der Waals surface area contributed by atoms with Crippen molar-refractivity contribution in [3.05, 3.63) is 65.2 Å². The van der Waals surface area contributed by atoms with Crippen LogP contribution >= 0.6 is 11.8 Å². The molecule has 0 amide bonds. The van der Waals surface area contributed by atoms with E-state index in [-0.39, 0.29) is 11.2 Å². The van der Waals surface area contributed by atoms with Crippen LogP contribution in [-0.4, -0.2) is 12.2 Å². The number of hydrogen-bond acceptors (Lipinski definition) is 3. The summed E-state index contributed by atoms with van der Waals surface area (Å²) >= 11 is 1.48. The van der Waals surface area contributed by atoms with E-state index in [9.17, 15) is 4.79 Å². The van der Waals surface area contributed by atoms with Gasteiger partial charge in [0.05, 0.1) is 0 Å². The second-order valence-electron chi connectivity index (χ2n) is 4.72. The Hall–Kier alpha value is -1.74. The summed E-state index contributed by atoms with van der Waals surface area (Å²) in [4.78, 5) is 12.3. The number of benzene rings is 2. The fraction of sp³-hybridized carbons (Fsp3) is 0.235. The molecule has 2 nitrogen and oxygen atoms in total. The van der Waals surface area contributed by atoms with E-state index < -0.39 is 0 Å². The highest BCUT2D eigenvalue weighted by molar-refractivity contribution is 7.99. The minimum atomic E-state index is -0.295. The number of carbonyl (C=O) groups is 1. The molecule has 0 aliphatic rings. The molecule has 20 heavy (non-hydrogen) atoms. The molecule has 1 atom stereocenters. The molecule has 0 aliphatic heterocycles. The van der Waals surface area contributed by atoms with Crippen molar-refractivity contribution < 1.29 is 9.53 Å². The van der Waals surface area contributed by atoms with E-state index in [1.165, 1.54) is 11.8 Å². The van der Waals surface area contributed by atoms with Gasteiger partial charge in [0, 0.05) is 0 Å². The minimum Gasteiger partial charge on any atom is -0.425 e. The summed E-state index contributed by atoms with van der Waals surface area (Å²) < 4.78 is 5.55. The SMILES string of the molecule is CSC(C(=O)Oc1ccc(C)cc1C)c1ccccc1. The highest BCUT2D eigenvalue weighted by Crippen LogP contribution is 2.29. The molecule has 0 bridgehead atoms. The zero-order valence-electron chi connectivity index (χ0n) is 11.9. The third-order valence-electron chi connectivity index (χ3n) is 3.09. The lowest BCUT2D eigenvalue weighted by molar-refractivity contribution is -0.133. The molecule has 0 aromatic heterocycles. The molecule has 0 N–H and O–H groups in total. The molecule has 104 valence electrons. The van der Waals surface area contributed by atoms with E-state index in [1.807, 2.05) is 68.6 Å². The van der Waals surface area contributed by atoms with Crippen LogP contribution in [0.3, 0.4) is 0 Å². The summed E-state index contributed by atoms with van der Waals surface area (Å²) in [5.41, 5.74) is 3.10. The fourth-order valence-electron chi connectivity index (χ4n) is 2.07. The molecular weight excluding hydrogens is 268 g/mol. The van der Waals surface area contributed by atoms with Gasteiger partial charge < -0.3 is 4.74 Å². The molecule has 0 saturated carbocycles. The van der Waals surface area contributed by atoms with Crippen LogP contribution in [0, 0.1) is 13.8 Å². The van der Waals surface area contributed by atoms with Gasteiger partial charge in [0.2, 0.25) is 0 Å². The van der Waals surface area contributed by atoms with Gasteiger partial charge >= 0.3 is 5.97 Å². The van der Waals surface area contributed by atoms with Gasteiger partial charge in [-0.1, -0.05) is 48.0 Å². The largest absolute Gasteiger partial charge is 0.425 e. The van der Waals surface area contributed by atoms with Crippen molar-refractivity contribution >= 4 is 17.7 Å². The van der Waals surface area contributed by atoms with Crippen molar-refractivity contribution in [1.82, 2.24) is 0 Å². The monoisotopic (exact) mass is 286 g/mol. The van der Waals surface area contributed by atoms with Crippen LogP contribution in [0.15, 0.2) is 48.5 Å². The van der Waals surface area contributed by atoms with Gasteiger partial charge in [-0.25, -0.2) is 0 Å². The smallest absolute Gasteiger partial charge is 0.329 e. The molecule has 2 aromatic rings. The van der Waals surface area contributed by atoms with Gasteiger partial charge in [0.25, 0.3) is 0 Å². The maximum absolute atomic E-state index is 12.3. The maximum Gasteiger partial charge on any atom is 0.329 e. The lowest BCUT2D eigenvalue weighted by Crippen LogP contribution is -2.16. The van der Waals surface area contributed by atoms with Crippen molar-refractivity contribution in [3.8, 4) is 5.75 Å². The second-order valence-corrected chi connectivity index (χ2v) is 5.66. The first-order valence-corrected chi connectivity index (χ1v) is 7.77. The molecule has 0 spiro atoms. The predicted molar refractivity (Wildman–Crippen MR) is 84.2 cm³/mol. The van der Waals surface area contributed by atoms with E-state index in [4.69, 9.17) is 4.74 Å². The van der Waals surface area contributed by atoms with Crippen LogP contribution in [-0.2, 0) is 4.79 Å². The summed E-state index contributed by atoms with van der Waals surface area (Å²) in [6.45, 7) is 3.97. The standard InChI is InChI=1S/C17H18O2S/c1-12-9-10-15(13(2)11-12)19-17(18)16(20-3)14-7-5-4-6-8-14/h4-11,16H,1-3H3. The molecular formula is C17H18O2S. The molecule has 0 heterocycles. The van der Waals surface area contributed by atoms with Crippen molar-refractivity contribution in [1.29, 1.82) is 0 Å². The Kier molecular flexibility index (Phi) is 4.85. The molecule has 2 rings (SSSR count). The second kappa shape index (κ2) is 6.62. The predicted octanol–water partition coefficient (Wildman–Crippen LogP) is 4.31. The number of aryl methyl sites for hydroxylation is 2. The fourth-order valence-corrected chi connectivity index (χ4v) is 2.74. The lowest BCUT2D eigenvalue weighted by atomic mass is 10.1. The summed E-state index contributed by atoms with van der Waals surface area (Å²) in [5.74, 6) is 0.409. The Morgan fingerprint density at radius 3 is 2.40 bits per heavy atom. The van der Waals surface area contributed by atoms with E-state index in [2.05, 4.69) is 0 Å². The van der Waals surface area contributed by atoms with Gasteiger partial charge in [-0.15, -0.1) is 11.8 Å². The number of hydrogen-bond donors (Lipinski definition) is 0. The molecule has 2 aromatic carbocycles. The van der Waals surface area contributed by atoms with E-state index in [0.717, 1.165) is 16.7 Å². The number of thioether (sulfide) groups is 1. The van der Waals surface area contributed by atoms with Crippen molar-refractivity contribution in [2.75, 3.05) is 6.26 Å². The minimum absolute atomic E-state index is 0.226. The van der Waals surface area contributed by atoms with Crippen LogP contribution in [0.2, 0.25) is 0 Å². The van der Waals surface area contributed by atoms with Gasteiger partial charge in [0.15, 0.2) is 0 Å². The topological polar surface area (TPSA) is 26.3 Å². The number of ether oxygens (including phenoxy) is 1. The quantitative estimate of drug-likeness (QED) is 0.618. The van der Waals surface area contributed by atoms with Gasteiger partial charge in [-0.3, -0.25) is 4.79 Å². The molecule has 0 radical (unpaired) electrons. The number of carbonyl (C=O) groups excluding carboxylic acids is 1. The first kappa shape index (κ1) is 14.7. The highest BCUT2D eigenvalue weighted by atomic mass is 32.2. The van der Waals surface area contributed by atoms with Gasteiger partial charge in [-0.2, -0.15) is 0 Å². The molecule has 0 saturated heterocycles. The summed E-state index contributed by atoms with van der Waals surface area (Å²) in [5, 5.41) is -0.295. The Morgan fingerprint density at radius 2 is 1.80 bits per heavy atom. The first-order valence-electron chi connectivity index (χ1n) is 6.48. The van der Waals surface area contributed by atoms with Gasteiger partial charge in [-0.05, 0) is 37.3 Å². The Bertz CT molecular complexity index is 593.